The molecule has 0 saturated carbocycles. The summed E-state index contributed by atoms with van der Waals surface area (Å²) in [6.45, 7) is 0.600. The second-order valence-electron chi connectivity index (χ2n) is 5.03. The number of fused-ring (bicyclic) bond motifs is 1. The van der Waals surface area contributed by atoms with Crippen molar-refractivity contribution < 1.29 is 4.42 Å². The molecule has 1 aromatic carbocycles. The van der Waals surface area contributed by atoms with E-state index in [1.807, 2.05) is 36.4 Å². The van der Waals surface area contributed by atoms with Gasteiger partial charge in [0.05, 0.1) is 5.52 Å². The van der Waals surface area contributed by atoms with Gasteiger partial charge in [-0.25, -0.2) is 0 Å². The summed E-state index contributed by atoms with van der Waals surface area (Å²) in [6, 6.07) is 14.1. The Labute approximate surface area is 132 Å². The molecule has 112 valence electrons. The van der Waals surface area contributed by atoms with E-state index < -0.39 is 0 Å². The highest BCUT2D eigenvalue weighted by molar-refractivity contribution is 5.78. The summed E-state index contributed by atoms with van der Waals surface area (Å²) in [7, 11) is 0. The van der Waals surface area contributed by atoms with Crippen molar-refractivity contribution in [1.82, 2.24) is 20.2 Å². The van der Waals surface area contributed by atoms with Gasteiger partial charge in [-0.05, 0) is 35.9 Å². The molecule has 1 N–H and O–H groups in total. The van der Waals surface area contributed by atoms with Crippen LogP contribution in [0, 0.1) is 0 Å². The topological polar surface area (TPSA) is 76.7 Å². The quantitative estimate of drug-likeness (QED) is 0.623. The van der Waals surface area contributed by atoms with E-state index in [1.54, 1.807) is 18.6 Å². The van der Waals surface area contributed by atoms with Gasteiger partial charge in [-0.15, -0.1) is 5.10 Å². The number of nitrogens with zero attached hydrogens (tertiary/aromatic N) is 4. The smallest absolute Gasteiger partial charge is 0.316 e. The van der Waals surface area contributed by atoms with Gasteiger partial charge < -0.3 is 9.73 Å². The second kappa shape index (κ2) is 5.84. The van der Waals surface area contributed by atoms with E-state index in [4.69, 9.17) is 4.42 Å². The maximum Gasteiger partial charge on any atom is 0.316 e. The third-order valence-corrected chi connectivity index (χ3v) is 3.46. The van der Waals surface area contributed by atoms with Crippen LogP contribution in [0.25, 0.3) is 22.4 Å². The van der Waals surface area contributed by atoms with Crippen LogP contribution in [-0.4, -0.2) is 20.2 Å². The molecular weight excluding hydrogens is 290 g/mol. The molecule has 4 aromatic rings. The van der Waals surface area contributed by atoms with Crippen LogP contribution in [0.2, 0.25) is 0 Å². The summed E-state index contributed by atoms with van der Waals surface area (Å²) in [5, 5.41) is 12.3. The SMILES string of the molecule is c1cnc2ccc(CNc3nnc(-c4ccncc4)o3)cc2c1. The maximum absolute atomic E-state index is 5.61. The molecule has 0 aliphatic carbocycles. The van der Waals surface area contributed by atoms with Gasteiger partial charge in [-0.2, -0.15) is 0 Å². The first-order valence-electron chi connectivity index (χ1n) is 7.20. The number of anilines is 1. The van der Waals surface area contributed by atoms with E-state index in [0.717, 1.165) is 22.0 Å². The molecule has 0 spiro atoms. The Bertz CT molecular complexity index is 936. The van der Waals surface area contributed by atoms with Gasteiger partial charge in [0.1, 0.15) is 0 Å². The number of nitrogens with one attached hydrogen (secondary N) is 1. The monoisotopic (exact) mass is 303 g/mol. The van der Waals surface area contributed by atoms with E-state index in [0.29, 0.717) is 18.5 Å². The van der Waals surface area contributed by atoms with Crippen molar-refractivity contribution in [1.29, 1.82) is 0 Å². The fourth-order valence-corrected chi connectivity index (χ4v) is 2.32. The normalized spacial score (nSPS) is 10.8. The zero-order valence-electron chi connectivity index (χ0n) is 12.2. The second-order valence-corrected chi connectivity index (χ2v) is 5.03. The summed E-state index contributed by atoms with van der Waals surface area (Å²) < 4.78 is 5.61. The Morgan fingerprint density at radius 2 is 1.87 bits per heavy atom. The average Bonchev–Trinajstić information content (AvgIpc) is 3.10. The van der Waals surface area contributed by atoms with Gasteiger partial charge in [-0.1, -0.05) is 17.2 Å². The molecule has 6 heteroatoms. The first-order valence-corrected chi connectivity index (χ1v) is 7.20. The zero-order chi connectivity index (χ0) is 15.5. The Balaban J connectivity index is 1.49. The van der Waals surface area contributed by atoms with Gasteiger partial charge in [-0.3, -0.25) is 9.97 Å². The van der Waals surface area contributed by atoms with Crippen LogP contribution in [0.3, 0.4) is 0 Å². The fraction of sp³-hybridized carbons (Fsp3) is 0.0588. The summed E-state index contributed by atoms with van der Waals surface area (Å²) in [6.07, 6.45) is 5.17. The lowest BCUT2D eigenvalue weighted by Crippen LogP contribution is -1.99. The van der Waals surface area contributed by atoms with Crippen molar-refractivity contribution in [3.63, 3.8) is 0 Å². The van der Waals surface area contributed by atoms with Crippen LogP contribution < -0.4 is 5.32 Å². The van der Waals surface area contributed by atoms with Crippen LogP contribution in [0.1, 0.15) is 5.56 Å². The molecule has 0 saturated heterocycles. The third-order valence-electron chi connectivity index (χ3n) is 3.46. The number of hydrogen-bond acceptors (Lipinski definition) is 6. The van der Waals surface area contributed by atoms with E-state index in [-0.39, 0.29) is 0 Å². The van der Waals surface area contributed by atoms with Crippen molar-refractivity contribution in [2.24, 2.45) is 0 Å². The molecular formula is C17H13N5O. The van der Waals surface area contributed by atoms with Crippen molar-refractivity contribution >= 4 is 16.9 Å². The predicted molar refractivity (Wildman–Crippen MR) is 86.6 cm³/mol. The van der Waals surface area contributed by atoms with E-state index in [2.05, 4.69) is 31.5 Å². The largest absolute Gasteiger partial charge is 0.403 e. The van der Waals surface area contributed by atoms with Gasteiger partial charge in [0, 0.05) is 36.1 Å². The fourth-order valence-electron chi connectivity index (χ4n) is 2.32. The van der Waals surface area contributed by atoms with Gasteiger partial charge in [0.2, 0.25) is 5.89 Å². The van der Waals surface area contributed by atoms with Gasteiger partial charge in [0.25, 0.3) is 0 Å². The van der Waals surface area contributed by atoms with Crippen LogP contribution >= 0.6 is 0 Å². The summed E-state index contributed by atoms with van der Waals surface area (Å²) >= 11 is 0. The van der Waals surface area contributed by atoms with Crippen molar-refractivity contribution in [2.75, 3.05) is 5.32 Å². The summed E-state index contributed by atoms with van der Waals surface area (Å²) in [4.78, 5) is 8.28. The average molecular weight is 303 g/mol. The molecule has 0 aliphatic rings. The lowest BCUT2D eigenvalue weighted by Gasteiger charge is -2.03. The molecule has 6 nitrogen and oxygen atoms in total. The maximum atomic E-state index is 5.61. The molecule has 0 atom stereocenters. The molecule has 3 heterocycles. The molecule has 3 aromatic heterocycles. The Hall–Kier alpha value is -3.28. The van der Waals surface area contributed by atoms with Crippen molar-refractivity contribution in [2.45, 2.75) is 6.54 Å². The Kier molecular flexibility index (Phi) is 3.40. The molecule has 0 amide bonds. The molecule has 0 bridgehead atoms. The van der Waals surface area contributed by atoms with E-state index in [9.17, 15) is 0 Å². The zero-order valence-corrected chi connectivity index (χ0v) is 12.2. The van der Waals surface area contributed by atoms with Crippen LogP contribution in [0.15, 0.2) is 65.5 Å². The van der Waals surface area contributed by atoms with Crippen LogP contribution in [-0.2, 0) is 6.54 Å². The minimum Gasteiger partial charge on any atom is -0.403 e. The van der Waals surface area contributed by atoms with Crippen LogP contribution in [0.4, 0.5) is 6.01 Å². The van der Waals surface area contributed by atoms with Gasteiger partial charge >= 0.3 is 6.01 Å². The highest BCUT2D eigenvalue weighted by Crippen LogP contribution is 2.19. The van der Waals surface area contributed by atoms with Crippen LogP contribution in [0.5, 0.6) is 0 Å². The van der Waals surface area contributed by atoms with E-state index >= 15 is 0 Å². The third kappa shape index (κ3) is 2.87. The number of aromatic nitrogens is 4. The lowest BCUT2D eigenvalue weighted by atomic mass is 10.1. The Morgan fingerprint density at radius 3 is 2.78 bits per heavy atom. The number of pyridine rings is 2. The van der Waals surface area contributed by atoms with Crippen molar-refractivity contribution in [3.05, 3.63) is 66.6 Å². The van der Waals surface area contributed by atoms with Gasteiger partial charge in [0.15, 0.2) is 0 Å². The standard InChI is InChI=1S/C17H13N5O/c1-2-14-10-12(3-4-15(14)19-7-1)11-20-17-22-21-16(23-17)13-5-8-18-9-6-13/h1-10H,11H2,(H,20,22). The molecule has 23 heavy (non-hydrogen) atoms. The first-order chi connectivity index (χ1) is 11.4. The molecule has 0 aliphatic heterocycles. The lowest BCUT2D eigenvalue weighted by molar-refractivity contribution is 0.581. The molecule has 4 rings (SSSR count). The summed E-state index contributed by atoms with van der Waals surface area (Å²) in [5.41, 5.74) is 2.94. The highest BCUT2D eigenvalue weighted by Gasteiger charge is 2.07. The summed E-state index contributed by atoms with van der Waals surface area (Å²) in [5.74, 6) is 0.470. The highest BCUT2D eigenvalue weighted by atomic mass is 16.4. The Morgan fingerprint density at radius 1 is 0.957 bits per heavy atom. The minimum atomic E-state index is 0.392. The first kappa shape index (κ1) is 13.4. The van der Waals surface area contributed by atoms with E-state index in [1.165, 1.54) is 0 Å². The van der Waals surface area contributed by atoms with Crippen molar-refractivity contribution in [3.8, 4) is 11.5 Å². The molecule has 0 unspecified atom stereocenters. The molecule has 0 radical (unpaired) electrons. The predicted octanol–water partition coefficient (Wildman–Crippen LogP) is 3.29. The number of benzene rings is 1. The molecule has 0 fully saturated rings. The number of rotatable bonds is 4. The number of hydrogen-bond donors (Lipinski definition) is 1. The minimum absolute atomic E-state index is 0.392.